The smallest absolute Gasteiger partial charge is 0.229 e. The molecular weight excluding hydrogens is 451 g/mol. The van der Waals surface area contributed by atoms with Gasteiger partial charge < -0.3 is 30.9 Å². The molecule has 0 aromatic heterocycles. The summed E-state index contributed by atoms with van der Waals surface area (Å²) in [6, 6.07) is 0.369. The van der Waals surface area contributed by atoms with E-state index in [1.54, 1.807) is 5.01 Å². The van der Waals surface area contributed by atoms with E-state index < -0.39 is 12.1 Å². The summed E-state index contributed by atoms with van der Waals surface area (Å²) in [5, 5.41) is 11.8. The Labute approximate surface area is 208 Å². The molecule has 0 spiro atoms. The number of likely N-dealkylation sites (N-methyl/N-ethyl adjacent to an activating group) is 2. The van der Waals surface area contributed by atoms with Gasteiger partial charge in [-0.1, -0.05) is 0 Å². The zero-order chi connectivity index (χ0) is 24.7. The summed E-state index contributed by atoms with van der Waals surface area (Å²) >= 11 is 0. The lowest BCUT2D eigenvalue weighted by Crippen LogP contribution is -2.60. The zero-order valence-electron chi connectivity index (χ0n) is 21.3. The van der Waals surface area contributed by atoms with Gasteiger partial charge in [0, 0.05) is 37.9 Å². The van der Waals surface area contributed by atoms with Crippen LogP contribution in [0.1, 0.15) is 32.6 Å². The molecule has 1 amide bonds. The highest BCUT2D eigenvalue weighted by Gasteiger charge is 2.47. The predicted octanol–water partition coefficient (Wildman–Crippen LogP) is -0.681. The van der Waals surface area contributed by atoms with E-state index in [0.717, 1.165) is 51.9 Å². The van der Waals surface area contributed by atoms with E-state index in [0.29, 0.717) is 24.0 Å². The van der Waals surface area contributed by atoms with Gasteiger partial charge in [-0.25, -0.2) is 14.8 Å². The maximum Gasteiger partial charge on any atom is 0.229 e. The van der Waals surface area contributed by atoms with Crippen LogP contribution in [-0.4, -0.2) is 104 Å². The number of ether oxygens (including phenoxy) is 1. The van der Waals surface area contributed by atoms with E-state index in [1.807, 2.05) is 0 Å². The number of hydrogen-bond acceptors (Lipinski definition) is 9. The average molecular weight is 495 g/mol. The van der Waals surface area contributed by atoms with E-state index in [1.165, 1.54) is 6.20 Å². The van der Waals surface area contributed by atoms with Gasteiger partial charge in [0.15, 0.2) is 0 Å². The average Bonchev–Trinajstić information content (AvgIpc) is 3.35. The van der Waals surface area contributed by atoms with E-state index >= 15 is 0 Å². The van der Waals surface area contributed by atoms with Crippen LogP contribution in [0.4, 0.5) is 4.39 Å². The van der Waals surface area contributed by atoms with Gasteiger partial charge in [0.25, 0.3) is 0 Å². The third-order valence-corrected chi connectivity index (χ3v) is 8.72. The number of amides is 1. The van der Waals surface area contributed by atoms with E-state index in [-0.39, 0.29) is 36.7 Å². The molecule has 0 radical (unpaired) electrons. The Hall–Kier alpha value is -1.34. The topological polar surface area (TPSA) is 110 Å². The second-order valence-corrected chi connectivity index (χ2v) is 11.3. The number of halogens is 1. The molecule has 9 atom stereocenters. The maximum absolute atomic E-state index is 13.7. The zero-order valence-corrected chi connectivity index (χ0v) is 21.3. The SMILES string of the molecule is CC1NC(O[C@@H]2CCN(C)C2)CCC1C1CCN(C)CC1NC(=O)C1C(N)NN2CC(F)=CNC12. The van der Waals surface area contributed by atoms with Crippen LogP contribution in [0.5, 0.6) is 0 Å². The highest BCUT2D eigenvalue weighted by Crippen LogP contribution is 2.35. The number of nitrogens with one attached hydrogen (secondary N) is 4. The third-order valence-electron chi connectivity index (χ3n) is 8.72. The lowest BCUT2D eigenvalue weighted by molar-refractivity contribution is -0.128. The van der Waals surface area contributed by atoms with Crippen molar-refractivity contribution in [2.75, 3.05) is 46.8 Å². The van der Waals surface area contributed by atoms with Gasteiger partial charge in [0.05, 0.1) is 18.8 Å². The lowest BCUT2D eigenvalue weighted by atomic mass is 9.73. The number of carbonyl (C=O) groups excluding carboxylic acids is 1. The minimum atomic E-state index is -0.561. The molecule has 5 aliphatic heterocycles. The first-order chi connectivity index (χ1) is 16.8. The van der Waals surface area contributed by atoms with Gasteiger partial charge >= 0.3 is 0 Å². The van der Waals surface area contributed by atoms with Gasteiger partial charge in [-0.3, -0.25) is 10.1 Å². The van der Waals surface area contributed by atoms with Gasteiger partial charge in [-0.2, -0.15) is 0 Å². The van der Waals surface area contributed by atoms with Crippen molar-refractivity contribution in [2.24, 2.45) is 23.5 Å². The molecule has 5 rings (SSSR count). The summed E-state index contributed by atoms with van der Waals surface area (Å²) in [5.74, 6) is -0.00572. The minimum absolute atomic E-state index is 0.0496. The van der Waals surface area contributed by atoms with Crippen molar-refractivity contribution < 1.29 is 13.9 Å². The van der Waals surface area contributed by atoms with Crippen LogP contribution in [0.3, 0.4) is 0 Å². The van der Waals surface area contributed by atoms with Crippen LogP contribution < -0.4 is 27.1 Å². The fourth-order valence-electron chi connectivity index (χ4n) is 6.87. The maximum atomic E-state index is 13.7. The molecule has 4 fully saturated rings. The largest absolute Gasteiger partial charge is 0.372 e. The first-order valence-corrected chi connectivity index (χ1v) is 13.3. The Morgan fingerprint density at radius 3 is 2.66 bits per heavy atom. The molecule has 35 heavy (non-hydrogen) atoms. The van der Waals surface area contributed by atoms with E-state index in [4.69, 9.17) is 10.5 Å². The van der Waals surface area contributed by atoms with Crippen LogP contribution >= 0.6 is 0 Å². The van der Waals surface area contributed by atoms with Crippen molar-refractivity contribution in [1.29, 1.82) is 0 Å². The molecule has 0 aliphatic carbocycles. The summed E-state index contributed by atoms with van der Waals surface area (Å²) in [6.07, 6.45) is 5.09. The molecule has 10 nitrogen and oxygen atoms in total. The molecule has 5 heterocycles. The Bertz CT molecular complexity index is 801. The molecule has 0 bridgehead atoms. The monoisotopic (exact) mass is 494 g/mol. The van der Waals surface area contributed by atoms with Gasteiger partial charge in [0.1, 0.15) is 24.1 Å². The Morgan fingerprint density at radius 2 is 1.91 bits per heavy atom. The van der Waals surface area contributed by atoms with Crippen molar-refractivity contribution in [3.05, 3.63) is 12.0 Å². The predicted molar refractivity (Wildman–Crippen MR) is 131 cm³/mol. The molecule has 0 saturated carbocycles. The fraction of sp³-hybridized carbons (Fsp3) is 0.875. The summed E-state index contributed by atoms with van der Waals surface area (Å²) in [5.41, 5.74) is 9.32. The number of nitrogens with two attached hydrogens (primary N) is 1. The minimum Gasteiger partial charge on any atom is -0.372 e. The molecule has 6 N–H and O–H groups in total. The van der Waals surface area contributed by atoms with Crippen molar-refractivity contribution in [2.45, 2.75) is 69.4 Å². The molecule has 198 valence electrons. The second kappa shape index (κ2) is 10.6. The van der Waals surface area contributed by atoms with E-state index in [2.05, 4.69) is 52.2 Å². The van der Waals surface area contributed by atoms with Crippen LogP contribution in [0.2, 0.25) is 0 Å². The number of likely N-dealkylation sites (tertiary alicyclic amines) is 2. The van der Waals surface area contributed by atoms with Crippen molar-refractivity contribution in [1.82, 2.24) is 36.2 Å². The molecular formula is C24H43FN8O2. The number of hydrazine groups is 1. The Balaban J connectivity index is 1.21. The highest BCUT2D eigenvalue weighted by molar-refractivity contribution is 5.81. The quantitative estimate of drug-likeness (QED) is 0.340. The van der Waals surface area contributed by atoms with Crippen LogP contribution in [-0.2, 0) is 9.53 Å². The fourth-order valence-corrected chi connectivity index (χ4v) is 6.87. The van der Waals surface area contributed by atoms with Crippen LogP contribution in [0.25, 0.3) is 0 Å². The van der Waals surface area contributed by atoms with Crippen LogP contribution in [0.15, 0.2) is 12.0 Å². The first-order valence-electron chi connectivity index (χ1n) is 13.3. The number of nitrogens with zero attached hydrogens (tertiary/aromatic N) is 3. The Kier molecular flexibility index (Phi) is 7.64. The van der Waals surface area contributed by atoms with Crippen molar-refractivity contribution >= 4 is 5.91 Å². The highest BCUT2D eigenvalue weighted by atomic mass is 19.1. The summed E-state index contributed by atoms with van der Waals surface area (Å²) in [4.78, 5) is 18.1. The molecule has 8 unspecified atom stereocenters. The first kappa shape index (κ1) is 25.3. The third kappa shape index (κ3) is 5.51. The molecule has 11 heteroatoms. The van der Waals surface area contributed by atoms with Crippen molar-refractivity contribution in [3.8, 4) is 0 Å². The molecule has 5 aliphatic rings. The Morgan fingerprint density at radius 1 is 1.14 bits per heavy atom. The van der Waals surface area contributed by atoms with Gasteiger partial charge in [-0.15, -0.1) is 0 Å². The normalized spacial score (nSPS) is 43.5. The number of fused-ring (bicyclic) bond motifs is 1. The second-order valence-electron chi connectivity index (χ2n) is 11.3. The molecule has 0 aromatic rings. The van der Waals surface area contributed by atoms with Gasteiger partial charge in [-0.05, 0) is 65.1 Å². The number of hydrogen-bond donors (Lipinski definition) is 5. The lowest BCUT2D eigenvalue weighted by Gasteiger charge is -2.46. The standard InChI is InChI=1S/C24H43FN8O2/c1-14-17(4-5-20(28-14)35-16-6-8-31(2)12-16)18-7-9-32(3)13-19(18)29-24(34)21-22(26)30-33-11-15(25)10-27-23(21)33/h10,14,16-23,27-28,30H,4-9,11-13,26H2,1-3H3,(H,29,34)/t14?,16-,17?,18?,19?,20?,21?,22?,23?/m1/s1. The summed E-state index contributed by atoms with van der Waals surface area (Å²) in [6.45, 7) is 6.33. The summed E-state index contributed by atoms with van der Waals surface area (Å²) in [7, 11) is 4.26. The number of rotatable bonds is 5. The van der Waals surface area contributed by atoms with Crippen LogP contribution in [0, 0.1) is 17.8 Å². The number of piperidine rings is 2. The molecule has 0 aromatic carbocycles. The van der Waals surface area contributed by atoms with Gasteiger partial charge in [0.2, 0.25) is 5.91 Å². The molecule has 4 saturated heterocycles. The number of carbonyl (C=O) groups is 1. The van der Waals surface area contributed by atoms with Crippen molar-refractivity contribution in [3.63, 3.8) is 0 Å². The summed E-state index contributed by atoms with van der Waals surface area (Å²) < 4.78 is 20.1. The van der Waals surface area contributed by atoms with E-state index in [9.17, 15) is 9.18 Å².